The fourth-order valence-corrected chi connectivity index (χ4v) is 6.63. The third-order valence-corrected chi connectivity index (χ3v) is 9.53. The molecule has 3 aromatic carbocycles. The number of esters is 2. The zero-order valence-electron chi connectivity index (χ0n) is 22.7. The van der Waals surface area contributed by atoms with Crippen LogP contribution in [0, 0.1) is 17.5 Å². The van der Waals surface area contributed by atoms with Crippen LogP contribution in [-0.4, -0.2) is 33.2 Å². The van der Waals surface area contributed by atoms with Gasteiger partial charge in [0.2, 0.25) is 0 Å². The fourth-order valence-electron chi connectivity index (χ4n) is 4.13. The molecule has 0 radical (unpaired) electrons. The number of hydrogen-bond donors (Lipinski definition) is 0. The maximum Gasteiger partial charge on any atom is 0.343 e. The summed E-state index contributed by atoms with van der Waals surface area (Å²) in [7, 11) is -2.18. The van der Waals surface area contributed by atoms with E-state index in [0.717, 1.165) is 49.1 Å². The molecule has 0 fully saturated rings. The molecule has 3 rings (SSSR count). The second kappa shape index (κ2) is 14.5. The lowest BCUT2D eigenvalue weighted by atomic mass is 10.2. The Bertz CT molecular complexity index is 1280. The Morgan fingerprint density at radius 2 is 1.40 bits per heavy atom. The van der Waals surface area contributed by atoms with Crippen LogP contribution in [0.1, 0.15) is 41.6 Å². The van der Waals surface area contributed by atoms with E-state index in [1.165, 1.54) is 0 Å². The molecule has 0 aliphatic rings. The molecular weight excluding hydrogens is 537 g/mol. The first-order valence-corrected chi connectivity index (χ1v) is 16.3. The van der Waals surface area contributed by atoms with Crippen LogP contribution < -0.4 is 14.7 Å². The van der Waals surface area contributed by atoms with Crippen molar-refractivity contribution >= 4 is 25.2 Å². The van der Waals surface area contributed by atoms with Gasteiger partial charge in [0.05, 0.1) is 26.9 Å². The summed E-state index contributed by atoms with van der Waals surface area (Å²) in [5.74, 6) is -3.76. The monoisotopic (exact) mass is 570 g/mol. The van der Waals surface area contributed by atoms with Crippen molar-refractivity contribution in [2.24, 2.45) is 0 Å². The predicted molar refractivity (Wildman–Crippen MR) is 150 cm³/mol. The van der Waals surface area contributed by atoms with Crippen molar-refractivity contribution in [2.45, 2.75) is 44.8 Å². The molecule has 0 aliphatic carbocycles. The molecule has 0 bridgehead atoms. The van der Waals surface area contributed by atoms with Gasteiger partial charge in [0.15, 0.2) is 17.5 Å². The van der Waals surface area contributed by atoms with Crippen molar-refractivity contribution in [3.8, 4) is 11.5 Å². The third kappa shape index (κ3) is 9.12. The molecule has 0 saturated heterocycles. The lowest BCUT2D eigenvalue weighted by molar-refractivity contribution is -0.137. The highest BCUT2D eigenvalue weighted by atomic mass is 28.3. The normalized spacial score (nSPS) is 11.1. The van der Waals surface area contributed by atoms with Gasteiger partial charge in [-0.3, -0.25) is 0 Å². The van der Waals surface area contributed by atoms with Crippen molar-refractivity contribution < 1.29 is 37.0 Å². The molecule has 212 valence electrons. The Morgan fingerprint density at radius 1 is 0.825 bits per heavy atom. The van der Waals surface area contributed by atoms with Gasteiger partial charge < -0.3 is 14.2 Å². The first-order chi connectivity index (χ1) is 19.1. The van der Waals surface area contributed by atoms with Gasteiger partial charge in [-0.05, 0) is 85.8 Å². The van der Waals surface area contributed by atoms with Crippen LogP contribution in [-0.2, 0) is 15.6 Å². The molecular formula is C31H33F3O5Si. The highest BCUT2D eigenvalue weighted by molar-refractivity contribution is 6.89. The molecule has 0 aliphatic heterocycles. The largest absolute Gasteiger partial charge is 0.494 e. The van der Waals surface area contributed by atoms with E-state index in [0.29, 0.717) is 41.9 Å². The number of ether oxygens (including phenoxy) is 3. The van der Waals surface area contributed by atoms with E-state index in [1.807, 2.05) is 25.2 Å². The lowest BCUT2D eigenvalue weighted by Gasteiger charge is -2.23. The summed E-state index contributed by atoms with van der Waals surface area (Å²) in [6.45, 7) is 8.35. The summed E-state index contributed by atoms with van der Waals surface area (Å²) >= 11 is 0. The van der Waals surface area contributed by atoms with E-state index in [9.17, 15) is 22.8 Å². The Hall–Kier alpha value is -3.85. The summed E-state index contributed by atoms with van der Waals surface area (Å²) in [4.78, 5) is 23.6. The van der Waals surface area contributed by atoms with Crippen molar-refractivity contribution in [3.63, 3.8) is 0 Å². The van der Waals surface area contributed by atoms with Crippen molar-refractivity contribution in [1.82, 2.24) is 0 Å². The first-order valence-electron chi connectivity index (χ1n) is 13.1. The fraction of sp³-hybridized carbons (Fsp3) is 0.290. The first kappa shape index (κ1) is 30.7. The lowest BCUT2D eigenvalue weighted by Crippen LogP contribution is -2.44. The number of carbonyl (C=O) groups excluding carboxylic acids is 2. The third-order valence-electron chi connectivity index (χ3n) is 6.34. The highest BCUT2D eigenvalue weighted by Crippen LogP contribution is 2.20. The summed E-state index contributed by atoms with van der Waals surface area (Å²) < 4.78 is 56.7. The van der Waals surface area contributed by atoms with E-state index in [-0.39, 0.29) is 0 Å². The highest BCUT2D eigenvalue weighted by Gasteiger charge is 2.25. The van der Waals surface area contributed by atoms with Gasteiger partial charge in [0.1, 0.15) is 11.5 Å². The SMILES string of the molecule is C=CC(=O)OCCCCCCOc1ccc(C(=O)Oc2ccc([Si](C)(C)Cc3cc(F)c(F)c(F)c3)cc2)cc1. The van der Waals surface area contributed by atoms with E-state index in [1.54, 1.807) is 36.4 Å². The Balaban J connectivity index is 1.45. The van der Waals surface area contributed by atoms with Crippen LogP contribution >= 0.6 is 0 Å². The smallest absolute Gasteiger partial charge is 0.343 e. The standard InChI is InChI=1S/C31H33F3O5Si/c1-4-29(35)38-18-8-6-5-7-17-37-24-11-9-23(10-12-24)31(36)39-25-13-15-26(16-14-25)40(2,3)21-22-19-27(32)30(34)28(33)20-22/h4,9-16,19-20H,1,5-8,17-18,21H2,2-3H3. The van der Waals surface area contributed by atoms with Crippen LogP contribution in [0.3, 0.4) is 0 Å². The number of hydrogen-bond acceptors (Lipinski definition) is 5. The van der Waals surface area contributed by atoms with Crippen molar-refractivity contribution in [1.29, 1.82) is 0 Å². The van der Waals surface area contributed by atoms with Gasteiger partial charge in [-0.1, -0.05) is 37.0 Å². The van der Waals surface area contributed by atoms with E-state index < -0.39 is 37.5 Å². The summed E-state index contributed by atoms with van der Waals surface area (Å²) in [6, 6.07) is 16.3. The molecule has 0 unspecified atom stereocenters. The molecule has 0 spiro atoms. The minimum absolute atomic E-state index is 0.372. The van der Waals surface area contributed by atoms with E-state index >= 15 is 0 Å². The molecule has 9 heteroatoms. The summed E-state index contributed by atoms with van der Waals surface area (Å²) in [6.07, 6.45) is 4.66. The van der Waals surface area contributed by atoms with Gasteiger partial charge in [-0.2, -0.15) is 0 Å². The quantitative estimate of drug-likeness (QED) is 0.0540. The molecule has 5 nitrogen and oxygen atoms in total. The Morgan fingerprint density at radius 3 is 2.00 bits per heavy atom. The zero-order valence-corrected chi connectivity index (χ0v) is 23.7. The van der Waals surface area contributed by atoms with Crippen molar-refractivity contribution in [3.05, 3.63) is 102 Å². The van der Waals surface area contributed by atoms with Crippen LogP contribution in [0.2, 0.25) is 13.1 Å². The average molecular weight is 571 g/mol. The van der Waals surface area contributed by atoms with E-state index in [4.69, 9.17) is 14.2 Å². The molecule has 0 amide bonds. The number of halogens is 3. The topological polar surface area (TPSA) is 61.8 Å². The second-order valence-corrected chi connectivity index (χ2v) is 14.7. The number of rotatable bonds is 14. The molecule has 40 heavy (non-hydrogen) atoms. The van der Waals surface area contributed by atoms with Gasteiger partial charge >= 0.3 is 11.9 Å². The molecule has 0 N–H and O–H groups in total. The van der Waals surface area contributed by atoms with Gasteiger partial charge in [0.25, 0.3) is 0 Å². The second-order valence-electron chi connectivity index (χ2n) is 10.0. The average Bonchev–Trinajstić information content (AvgIpc) is 2.93. The van der Waals surface area contributed by atoms with Crippen LogP contribution in [0.15, 0.2) is 73.3 Å². The Kier molecular flexibility index (Phi) is 11.1. The van der Waals surface area contributed by atoms with Gasteiger partial charge in [0, 0.05) is 6.08 Å². The molecule has 0 atom stereocenters. The van der Waals surface area contributed by atoms with Gasteiger partial charge in [-0.25, -0.2) is 22.8 Å². The van der Waals surface area contributed by atoms with Crippen molar-refractivity contribution in [2.75, 3.05) is 13.2 Å². The minimum Gasteiger partial charge on any atom is -0.494 e. The number of unbranched alkanes of at least 4 members (excludes halogenated alkanes) is 3. The van der Waals surface area contributed by atoms with Gasteiger partial charge in [-0.15, -0.1) is 0 Å². The minimum atomic E-state index is -2.18. The van der Waals surface area contributed by atoms with Crippen LogP contribution in [0.4, 0.5) is 13.2 Å². The molecule has 0 heterocycles. The summed E-state index contributed by atoms with van der Waals surface area (Å²) in [5, 5.41) is 0.995. The van der Waals surface area contributed by atoms with Crippen LogP contribution in [0.5, 0.6) is 11.5 Å². The summed E-state index contributed by atoms with van der Waals surface area (Å²) in [5.41, 5.74) is 0.778. The molecule has 3 aromatic rings. The Labute approximate surface area is 233 Å². The molecule has 0 aromatic heterocycles. The number of carbonyl (C=O) groups is 2. The number of benzene rings is 3. The maximum atomic E-state index is 13.6. The predicted octanol–water partition coefficient (Wildman–Crippen LogP) is 6.69. The molecule has 0 saturated carbocycles. The van der Waals surface area contributed by atoms with Crippen LogP contribution in [0.25, 0.3) is 0 Å². The zero-order chi connectivity index (χ0) is 29.1. The van der Waals surface area contributed by atoms with E-state index in [2.05, 4.69) is 6.58 Å². The maximum absolute atomic E-state index is 13.6.